The lowest BCUT2D eigenvalue weighted by Crippen LogP contribution is -2.47. The minimum atomic E-state index is -0.00741. The van der Waals surface area contributed by atoms with Crippen LogP contribution in [0.2, 0.25) is 0 Å². The van der Waals surface area contributed by atoms with Gasteiger partial charge in [0.05, 0.1) is 6.54 Å². The molecular formula is C12H26N4O. The third-order valence-electron chi connectivity index (χ3n) is 2.58. The Bertz CT molecular complexity index is 251. The van der Waals surface area contributed by atoms with Crippen molar-refractivity contribution in [2.24, 2.45) is 10.9 Å². The first-order chi connectivity index (χ1) is 8.01. The summed E-state index contributed by atoms with van der Waals surface area (Å²) in [5.74, 6) is 1.17. The first kappa shape index (κ1) is 15.7. The van der Waals surface area contributed by atoms with Crippen molar-refractivity contribution < 1.29 is 4.79 Å². The molecule has 5 heteroatoms. The SMILES string of the molecule is CCCNC(=O)CNC(=NC)NC(C)C(C)C. The number of amides is 1. The Morgan fingerprint density at radius 2 is 1.88 bits per heavy atom. The summed E-state index contributed by atoms with van der Waals surface area (Å²) in [5, 5.41) is 9.03. The van der Waals surface area contributed by atoms with Gasteiger partial charge in [0.1, 0.15) is 0 Å². The molecule has 0 spiro atoms. The van der Waals surface area contributed by atoms with Crippen LogP contribution in [0.25, 0.3) is 0 Å². The highest BCUT2D eigenvalue weighted by Crippen LogP contribution is 1.98. The maximum absolute atomic E-state index is 11.4. The lowest BCUT2D eigenvalue weighted by molar-refractivity contribution is -0.120. The monoisotopic (exact) mass is 242 g/mol. The Kier molecular flexibility index (Phi) is 8.19. The average Bonchev–Trinajstić information content (AvgIpc) is 2.31. The zero-order chi connectivity index (χ0) is 13.3. The third-order valence-corrected chi connectivity index (χ3v) is 2.58. The predicted octanol–water partition coefficient (Wildman–Crippen LogP) is 0.722. The van der Waals surface area contributed by atoms with Crippen LogP contribution in [0.3, 0.4) is 0 Å². The number of guanidine groups is 1. The number of aliphatic imine (C=N–C) groups is 1. The van der Waals surface area contributed by atoms with Gasteiger partial charge in [-0.15, -0.1) is 0 Å². The van der Waals surface area contributed by atoms with Crippen LogP contribution in [-0.2, 0) is 4.79 Å². The van der Waals surface area contributed by atoms with Gasteiger partial charge < -0.3 is 16.0 Å². The maximum Gasteiger partial charge on any atom is 0.239 e. The molecule has 0 aromatic rings. The van der Waals surface area contributed by atoms with Gasteiger partial charge in [-0.05, 0) is 19.3 Å². The van der Waals surface area contributed by atoms with Crippen molar-refractivity contribution in [3.63, 3.8) is 0 Å². The van der Waals surface area contributed by atoms with Crippen LogP contribution in [0.15, 0.2) is 4.99 Å². The van der Waals surface area contributed by atoms with Crippen LogP contribution in [0.5, 0.6) is 0 Å². The summed E-state index contributed by atoms with van der Waals surface area (Å²) in [6.45, 7) is 9.37. The first-order valence-electron chi connectivity index (χ1n) is 6.25. The molecule has 100 valence electrons. The molecule has 0 saturated heterocycles. The number of hydrogen-bond donors (Lipinski definition) is 3. The molecule has 0 aliphatic heterocycles. The maximum atomic E-state index is 11.4. The van der Waals surface area contributed by atoms with E-state index in [1.54, 1.807) is 7.05 Å². The number of carbonyl (C=O) groups is 1. The molecule has 0 aliphatic carbocycles. The van der Waals surface area contributed by atoms with Gasteiger partial charge in [0, 0.05) is 19.6 Å². The van der Waals surface area contributed by atoms with E-state index in [2.05, 4.69) is 41.7 Å². The van der Waals surface area contributed by atoms with Gasteiger partial charge in [-0.1, -0.05) is 20.8 Å². The van der Waals surface area contributed by atoms with Crippen molar-refractivity contribution in [2.45, 2.75) is 40.2 Å². The molecule has 1 amide bonds. The fourth-order valence-electron chi connectivity index (χ4n) is 1.07. The van der Waals surface area contributed by atoms with Crippen LogP contribution in [-0.4, -0.2) is 38.0 Å². The number of hydrogen-bond acceptors (Lipinski definition) is 2. The summed E-state index contributed by atoms with van der Waals surface area (Å²) in [4.78, 5) is 15.5. The molecule has 1 unspecified atom stereocenters. The number of nitrogens with one attached hydrogen (secondary N) is 3. The fourth-order valence-corrected chi connectivity index (χ4v) is 1.07. The topological polar surface area (TPSA) is 65.5 Å². The van der Waals surface area contributed by atoms with E-state index in [0.29, 0.717) is 17.9 Å². The zero-order valence-electron chi connectivity index (χ0n) is 11.6. The van der Waals surface area contributed by atoms with Gasteiger partial charge in [-0.2, -0.15) is 0 Å². The van der Waals surface area contributed by atoms with Crippen LogP contribution in [0, 0.1) is 5.92 Å². The number of rotatable bonds is 6. The second-order valence-electron chi connectivity index (χ2n) is 4.45. The van der Waals surface area contributed by atoms with E-state index in [9.17, 15) is 4.79 Å². The Balaban J connectivity index is 3.95. The van der Waals surface area contributed by atoms with E-state index in [1.807, 2.05) is 6.92 Å². The normalized spacial score (nSPS) is 13.4. The lowest BCUT2D eigenvalue weighted by atomic mass is 10.1. The van der Waals surface area contributed by atoms with Gasteiger partial charge in [0.2, 0.25) is 5.91 Å². The van der Waals surface area contributed by atoms with E-state index in [4.69, 9.17) is 0 Å². The lowest BCUT2D eigenvalue weighted by Gasteiger charge is -2.20. The highest BCUT2D eigenvalue weighted by molar-refractivity contribution is 5.86. The highest BCUT2D eigenvalue weighted by Gasteiger charge is 2.09. The smallest absolute Gasteiger partial charge is 0.239 e. The van der Waals surface area contributed by atoms with Crippen molar-refractivity contribution in [1.82, 2.24) is 16.0 Å². The van der Waals surface area contributed by atoms with Crippen molar-refractivity contribution >= 4 is 11.9 Å². The summed E-state index contributed by atoms with van der Waals surface area (Å²) >= 11 is 0. The predicted molar refractivity (Wildman–Crippen MR) is 72.1 cm³/mol. The number of nitrogens with zero attached hydrogens (tertiary/aromatic N) is 1. The molecule has 3 N–H and O–H groups in total. The van der Waals surface area contributed by atoms with Gasteiger partial charge in [-0.25, -0.2) is 0 Å². The fraction of sp³-hybridized carbons (Fsp3) is 0.833. The summed E-state index contributed by atoms with van der Waals surface area (Å²) < 4.78 is 0. The van der Waals surface area contributed by atoms with E-state index in [1.165, 1.54) is 0 Å². The molecule has 17 heavy (non-hydrogen) atoms. The second kappa shape index (κ2) is 8.84. The van der Waals surface area contributed by atoms with E-state index in [-0.39, 0.29) is 12.5 Å². The molecule has 0 aliphatic rings. The molecule has 5 nitrogen and oxygen atoms in total. The Morgan fingerprint density at radius 3 is 2.35 bits per heavy atom. The average molecular weight is 242 g/mol. The van der Waals surface area contributed by atoms with Crippen LogP contribution in [0.1, 0.15) is 34.1 Å². The molecular weight excluding hydrogens is 216 g/mol. The summed E-state index contributed by atoms with van der Waals surface area (Å²) in [6, 6.07) is 0.319. The molecule has 0 rings (SSSR count). The van der Waals surface area contributed by atoms with Crippen molar-refractivity contribution in [3.05, 3.63) is 0 Å². The Morgan fingerprint density at radius 1 is 1.24 bits per heavy atom. The number of carbonyl (C=O) groups excluding carboxylic acids is 1. The summed E-state index contributed by atoms with van der Waals surface area (Å²) in [5.41, 5.74) is 0. The van der Waals surface area contributed by atoms with Crippen LogP contribution < -0.4 is 16.0 Å². The standard InChI is InChI=1S/C12H26N4O/c1-6-7-14-11(17)8-15-12(13-5)16-10(4)9(2)3/h9-10H,6-8H2,1-5H3,(H,14,17)(H2,13,15,16). The van der Waals surface area contributed by atoms with E-state index in [0.717, 1.165) is 13.0 Å². The molecule has 0 bridgehead atoms. The van der Waals surface area contributed by atoms with Gasteiger partial charge in [0.15, 0.2) is 5.96 Å². The third kappa shape index (κ3) is 7.60. The summed E-state index contributed by atoms with van der Waals surface area (Å²) in [7, 11) is 1.70. The van der Waals surface area contributed by atoms with Crippen molar-refractivity contribution in [1.29, 1.82) is 0 Å². The molecule has 0 fully saturated rings. The molecule has 0 radical (unpaired) electrons. The van der Waals surface area contributed by atoms with Crippen molar-refractivity contribution in [2.75, 3.05) is 20.1 Å². The largest absolute Gasteiger partial charge is 0.355 e. The zero-order valence-corrected chi connectivity index (χ0v) is 11.6. The minimum absolute atomic E-state index is 0.00741. The van der Waals surface area contributed by atoms with Crippen LogP contribution in [0.4, 0.5) is 0 Å². The minimum Gasteiger partial charge on any atom is -0.355 e. The second-order valence-corrected chi connectivity index (χ2v) is 4.45. The first-order valence-corrected chi connectivity index (χ1v) is 6.25. The summed E-state index contributed by atoms with van der Waals surface area (Å²) in [6.07, 6.45) is 0.948. The molecule has 0 saturated carbocycles. The molecule has 1 atom stereocenters. The van der Waals surface area contributed by atoms with Crippen molar-refractivity contribution in [3.8, 4) is 0 Å². The van der Waals surface area contributed by atoms with E-state index < -0.39 is 0 Å². The van der Waals surface area contributed by atoms with Crippen LogP contribution >= 0.6 is 0 Å². The quantitative estimate of drug-likeness (QED) is 0.475. The molecule has 0 heterocycles. The van der Waals surface area contributed by atoms with Gasteiger partial charge in [-0.3, -0.25) is 9.79 Å². The molecule has 0 aromatic heterocycles. The molecule has 0 aromatic carbocycles. The van der Waals surface area contributed by atoms with Gasteiger partial charge in [0.25, 0.3) is 0 Å². The Hall–Kier alpha value is -1.26. The Labute approximate surface area is 104 Å². The highest BCUT2D eigenvalue weighted by atomic mass is 16.1. The van der Waals surface area contributed by atoms with Gasteiger partial charge >= 0.3 is 0 Å². The van der Waals surface area contributed by atoms with E-state index >= 15 is 0 Å².